The summed E-state index contributed by atoms with van der Waals surface area (Å²) in [6.45, 7) is 7.20. The Bertz CT molecular complexity index is 999. The Kier molecular flexibility index (Phi) is 6.47. The van der Waals surface area contributed by atoms with E-state index < -0.39 is 0 Å². The van der Waals surface area contributed by atoms with Gasteiger partial charge >= 0.3 is 0 Å². The molecule has 0 aromatic carbocycles. The van der Waals surface area contributed by atoms with Crippen molar-refractivity contribution in [3.63, 3.8) is 0 Å². The first-order valence-electron chi connectivity index (χ1n) is 13.0. The number of amides is 1. The zero-order valence-electron chi connectivity index (χ0n) is 20.8. The van der Waals surface area contributed by atoms with E-state index >= 15 is 0 Å². The van der Waals surface area contributed by atoms with Crippen molar-refractivity contribution in [3.05, 3.63) is 34.0 Å². The van der Waals surface area contributed by atoms with Gasteiger partial charge in [0.05, 0.1) is 12.3 Å². The molecule has 3 fully saturated rings. The molecule has 5 rings (SSSR count). The number of allylic oxidation sites excluding steroid dienone is 2. The van der Waals surface area contributed by atoms with Crippen molar-refractivity contribution in [2.45, 2.75) is 78.7 Å². The van der Waals surface area contributed by atoms with E-state index in [4.69, 9.17) is 4.84 Å². The number of carbonyl (C=O) groups excluding carboxylic acids is 2. The number of rotatable bonds is 6. The van der Waals surface area contributed by atoms with E-state index in [1.54, 1.807) is 11.3 Å². The molecular weight excluding hydrogens is 444 g/mol. The normalized spacial score (nSPS) is 37.9. The molecule has 6 heteroatoms. The first-order valence-corrected chi connectivity index (χ1v) is 13.9. The fourth-order valence-corrected chi connectivity index (χ4v) is 8.78. The molecule has 0 radical (unpaired) electrons. The van der Waals surface area contributed by atoms with E-state index in [0.717, 1.165) is 42.2 Å². The number of thiophene rings is 1. The zero-order valence-corrected chi connectivity index (χ0v) is 21.6. The quantitative estimate of drug-likeness (QED) is 0.513. The van der Waals surface area contributed by atoms with Gasteiger partial charge in [-0.15, -0.1) is 11.3 Å². The molecule has 4 unspecified atom stereocenters. The minimum Gasteiger partial charge on any atom is -0.385 e. The highest BCUT2D eigenvalue weighted by Crippen LogP contribution is 2.66. The van der Waals surface area contributed by atoms with Gasteiger partial charge in [-0.3, -0.25) is 9.59 Å². The maximum Gasteiger partial charge on any atom is 0.261 e. The highest BCUT2D eigenvalue weighted by atomic mass is 32.1. The van der Waals surface area contributed by atoms with Gasteiger partial charge in [0.1, 0.15) is 5.78 Å². The molecule has 1 aromatic rings. The lowest BCUT2D eigenvalue weighted by molar-refractivity contribution is -0.128. The van der Waals surface area contributed by atoms with Gasteiger partial charge in [-0.05, 0) is 104 Å². The van der Waals surface area contributed by atoms with E-state index in [0.29, 0.717) is 24.2 Å². The Morgan fingerprint density at radius 1 is 1.15 bits per heavy atom. The molecule has 0 spiro atoms. The second kappa shape index (κ2) is 9.25. The number of nitrogens with one attached hydrogen (secondary N) is 1. The molecule has 0 aliphatic heterocycles. The highest BCUT2D eigenvalue weighted by Gasteiger charge is 2.59. The standard InChI is InChI=1S/C28H38N2O3S/c1-18(31)23-8-9-24-22-7-6-19-15-20(10-12-27(19,2)25(22)11-13-28(23,24)3)30-33-17-26(32)29-16-21-5-4-14-34-21/h4-5,14-15,22-25H,6-13,16-17H2,1-3H3,(H,29,32)/b30-20+/t22?,23?,24?,25?,27-,28+/m1/s1. The topological polar surface area (TPSA) is 67.8 Å². The zero-order chi connectivity index (χ0) is 23.9. The SMILES string of the molecule is CC(=O)C1CCC2C3CCC4=C/C(=N/OCC(=O)NCc5cccs5)CC[C@@]4(C)C3CC[C@@]12C. The molecular formula is C28H38N2O3S. The monoisotopic (exact) mass is 482 g/mol. The third kappa shape index (κ3) is 4.16. The lowest BCUT2D eigenvalue weighted by Gasteiger charge is -2.58. The van der Waals surface area contributed by atoms with Crippen LogP contribution < -0.4 is 5.32 Å². The molecule has 4 aliphatic carbocycles. The van der Waals surface area contributed by atoms with Crippen molar-refractivity contribution in [1.82, 2.24) is 5.32 Å². The molecule has 3 saturated carbocycles. The molecule has 0 saturated heterocycles. The molecule has 1 amide bonds. The number of oxime groups is 1. The third-order valence-corrected chi connectivity index (χ3v) is 10.8. The first-order chi connectivity index (χ1) is 16.3. The summed E-state index contributed by atoms with van der Waals surface area (Å²) in [5.41, 5.74) is 2.93. The minimum absolute atomic E-state index is 0.0441. The van der Waals surface area contributed by atoms with Crippen molar-refractivity contribution >= 4 is 28.7 Å². The van der Waals surface area contributed by atoms with Crippen LogP contribution in [0.4, 0.5) is 0 Å². The van der Waals surface area contributed by atoms with Crippen molar-refractivity contribution < 1.29 is 14.4 Å². The predicted molar refractivity (Wildman–Crippen MR) is 135 cm³/mol. The molecule has 5 nitrogen and oxygen atoms in total. The number of hydrogen-bond donors (Lipinski definition) is 1. The first kappa shape index (κ1) is 23.8. The van der Waals surface area contributed by atoms with Crippen molar-refractivity contribution in [3.8, 4) is 0 Å². The molecule has 6 atom stereocenters. The van der Waals surface area contributed by atoms with Gasteiger partial charge in [0.25, 0.3) is 5.91 Å². The van der Waals surface area contributed by atoms with E-state index in [2.05, 4.69) is 30.4 Å². The van der Waals surface area contributed by atoms with E-state index in [-0.39, 0.29) is 29.3 Å². The van der Waals surface area contributed by atoms with Gasteiger partial charge in [-0.25, -0.2) is 0 Å². The van der Waals surface area contributed by atoms with Crippen LogP contribution in [0.15, 0.2) is 34.3 Å². The fraction of sp³-hybridized carbons (Fsp3) is 0.679. The second-order valence-corrected chi connectivity index (χ2v) is 12.5. The van der Waals surface area contributed by atoms with Crippen LogP contribution in [0.3, 0.4) is 0 Å². The maximum absolute atomic E-state index is 12.4. The van der Waals surface area contributed by atoms with Crippen LogP contribution in [-0.4, -0.2) is 24.0 Å². The Labute approximate surface area is 207 Å². The minimum atomic E-state index is -0.141. The van der Waals surface area contributed by atoms with E-state index in [9.17, 15) is 9.59 Å². The lowest BCUT2D eigenvalue weighted by Crippen LogP contribution is -2.51. The molecule has 0 bridgehead atoms. The molecule has 34 heavy (non-hydrogen) atoms. The van der Waals surface area contributed by atoms with Gasteiger partial charge < -0.3 is 10.2 Å². The van der Waals surface area contributed by atoms with Crippen molar-refractivity contribution in [2.24, 2.45) is 39.7 Å². The van der Waals surface area contributed by atoms with Crippen LogP contribution in [0.5, 0.6) is 0 Å². The Morgan fingerprint density at radius 3 is 2.76 bits per heavy atom. The largest absolute Gasteiger partial charge is 0.385 e. The van der Waals surface area contributed by atoms with Gasteiger partial charge in [-0.1, -0.05) is 30.6 Å². The van der Waals surface area contributed by atoms with Crippen LogP contribution >= 0.6 is 11.3 Å². The maximum atomic E-state index is 12.4. The third-order valence-electron chi connectivity index (χ3n) is 9.89. The van der Waals surface area contributed by atoms with Gasteiger partial charge in [0, 0.05) is 10.8 Å². The lowest BCUT2D eigenvalue weighted by atomic mass is 9.46. The summed E-state index contributed by atoms with van der Waals surface area (Å²) in [6, 6.07) is 3.99. The molecule has 1 aromatic heterocycles. The van der Waals surface area contributed by atoms with Crippen LogP contribution in [0, 0.1) is 34.5 Å². The average molecular weight is 483 g/mol. The number of ketones is 1. The summed E-state index contributed by atoms with van der Waals surface area (Å²) in [4.78, 5) is 31.0. The highest BCUT2D eigenvalue weighted by molar-refractivity contribution is 7.09. The molecule has 1 N–H and O–H groups in total. The predicted octanol–water partition coefficient (Wildman–Crippen LogP) is 5.90. The Morgan fingerprint density at radius 2 is 2.00 bits per heavy atom. The average Bonchev–Trinajstić information content (AvgIpc) is 3.45. The second-order valence-electron chi connectivity index (χ2n) is 11.5. The Hall–Kier alpha value is -1.95. The number of hydrogen-bond acceptors (Lipinski definition) is 5. The van der Waals surface area contributed by atoms with Gasteiger partial charge in [0.2, 0.25) is 0 Å². The van der Waals surface area contributed by atoms with Crippen molar-refractivity contribution in [1.29, 1.82) is 0 Å². The van der Waals surface area contributed by atoms with Gasteiger partial charge in [0.15, 0.2) is 6.61 Å². The number of nitrogens with zero attached hydrogens (tertiary/aromatic N) is 1. The van der Waals surface area contributed by atoms with Crippen LogP contribution in [0.1, 0.15) is 77.0 Å². The van der Waals surface area contributed by atoms with Gasteiger partial charge in [-0.2, -0.15) is 0 Å². The molecule has 184 valence electrons. The molecule has 1 heterocycles. The smallest absolute Gasteiger partial charge is 0.261 e. The van der Waals surface area contributed by atoms with Crippen LogP contribution in [0.25, 0.3) is 0 Å². The summed E-state index contributed by atoms with van der Waals surface area (Å²) < 4.78 is 0. The number of carbonyl (C=O) groups is 2. The Balaban J connectivity index is 1.21. The fourth-order valence-electron chi connectivity index (χ4n) is 8.13. The van der Waals surface area contributed by atoms with E-state index in [1.165, 1.54) is 31.3 Å². The summed E-state index contributed by atoms with van der Waals surface area (Å²) in [5.74, 6) is 2.69. The molecule has 4 aliphatic rings. The number of Topliss-reactive ketones (excluding diaryl/α,β-unsaturated/α-hetero) is 1. The van der Waals surface area contributed by atoms with E-state index in [1.807, 2.05) is 24.4 Å². The summed E-state index contributed by atoms with van der Waals surface area (Å²) >= 11 is 1.63. The van der Waals surface area contributed by atoms with Crippen LogP contribution in [0.2, 0.25) is 0 Å². The number of fused-ring (bicyclic) bond motifs is 5. The van der Waals surface area contributed by atoms with Crippen LogP contribution in [-0.2, 0) is 21.0 Å². The van der Waals surface area contributed by atoms with Crippen molar-refractivity contribution in [2.75, 3.05) is 6.61 Å². The summed E-state index contributed by atoms with van der Waals surface area (Å²) in [5, 5.41) is 9.21. The summed E-state index contributed by atoms with van der Waals surface area (Å²) in [7, 11) is 0. The summed E-state index contributed by atoms with van der Waals surface area (Å²) in [6.07, 6.45) is 11.4.